The second kappa shape index (κ2) is 8.15. The molecule has 2 heterocycles. The third-order valence-corrected chi connectivity index (χ3v) is 5.96. The van der Waals surface area contributed by atoms with Crippen molar-refractivity contribution in [2.45, 2.75) is 19.1 Å². The number of hydrazine groups is 1. The van der Waals surface area contributed by atoms with E-state index < -0.39 is 41.6 Å². The third-order valence-electron chi connectivity index (χ3n) is 5.44. The Bertz CT molecular complexity index is 1190. The number of amides is 2. The van der Waals surface area contributed by atoms with Crippen molar-refractivity contribution in [3.8, 4) is 0 Å². The summed E-state index contributed by atoms with van der Waals surface area (Å²) in [4.78, 5) is 29.6. The number of aromatic nitrogens is 1. The van der Waals surface area contributed by atoms with E-state index >= 15 is 0 Å². The van der Waals surface area contributed by atoms with Crippen molar-refractivity contribution >= 4 is 52.2 Å². The lowest BCUT2D eigenvalue weighted by atomic mass is 10.1. The molecule has 3 unspecified atom stereocenters. The largest absolute Gasteiger partial charge is 0.431 e. The zero-order valence-corrected chi connectivity index (χ0v) is 18.7. The molecule has 3 atom stereocenters. The number of fused-ring (bicyclic) bond motifs is 1. The number of anilines is 2. The molecule has 3 N–H and O–H groups in total. The van der Waals surface area contributed by atoms with Gasteiger partial charge >= 0.3 is 6.18 Å². The Kier molecular flexibility index (Phi) is 5.75. The number of hydrogen-bond donors (Lipinski definition) is 2. The summed E-state index contributed by atoms with van der Waals surface area (Å²) in [5, 5.41) is 8.43. The van der Waals surface area contributed by atoms with Crippen LogP contribution in [0.4, 0.5) is 24.7 Å². The van der Waals surface area contributed by atoms with Gasteiger partial charge in [-0.25, -0.2) is 15.8 Å². The Morgan fingerprint density at radius 2 is 1.97 bits per heavy atom. The molecular weight excluding hydrogens is 484 g/mol. The molecule has 2 aliphatic rings. The monoisotopic (exact) mass is 500 g/mol. The molecule has 0 spiro atoms. The van der Waals surface area contributed by atoms with Gasteiger partial charge < -0.3 is 5.32 Å². The number of carbonyl (C=O) groups excluding carboxylic acids is 2. The number of carbonyl (C=O) groups is 2. The summed E-state index contributed by atoms with van der Waals surface area (Å²) >= 11 is 12.1. The van der Waals surface area contributed by atoms with Crippen LogP contribution < -0.4 is 16.2 Å². The van der Waals surface area contributed by atoms with Gasteiger partial charge in [0.1, 0.15) is 5.71 Å². The zero-order valence-electron chi connectivity index (χ0n) is 17.2. The molecule has 0 saturated heterocycles. The number of alkyl halides is 3. The number of hydrazone groups is 1. The predicted octanol–water partition coefficient (Wildman–Crippen LogP) is 3.63. The number of pyridine rings is 1. The molecule has 1 saturated carbocycles. The van der Waals surface area contributed by atoms with E-state index in [0.717, 1.165) is 10.0 Å². The van der Waals surface area contributed by atoms with Crippen LogP contribution in [0.25, 0.3) is 0 Å². The maximum atomic E-state index is 13.6. The Hall–Kier alpha value is -2.89. The fourth-order valence-corrected chi connectivity index (χ4v) is 4.43. The topological polar surface area (TPSA) is 104 Å². The number of halogens is 5. The van der Waals surface area contributed by atoms with Crippen LogP contribution in [-0.4, -0.2) is 46.8 Å². The summed E-state index contributed by atoms with van der Waals surface area (Å²) in [6.07, 6.45) is -3.37. The lowest BCUT2D eigenvalue weighted by Gasteiger charge is -2.20. The second-order valence-electron chi connectivity index (χ2n) is 7.73. The fourth-order valence-electron chi connectivity index (χ4n) is 3.95. The number of nitrogens with two attached hydrogens (primary N) is 1. The van der Waals surface area contributed by atoms with Crippen molar-refractivity contribution in [3.63, 3.8) is 0 Å². The van der Waals surface area contributed by atoms with Gasteiger partial charge in [-0.15, -0.1) is 0 Å². The van der Waals surface area contributed by atoms with Crippen molar-refractivity contribution in [2.24, 2.45) is 22.8 Å². The number of rotatable bonds is 4. The highest BCUT2D eigenvalue weighted by atomic mass is 35.5. The minimum Gasteiger partial charge on any atom is -0.325 e. The van der Waals surface area contributed by atoms with Gasteiger partial charge in [0.15, 0.2) is 5.82 Å². The molecule has 2 aromatic rings. The lowest BCUT2D eigenvalue weighted by Crippen LogP contribution is -2.34. The summed E-state index contributed by atoms with van der Waals surface area (Å²) in [5.41, 5.74) is -0.510. The standard InChI is InChI=1S/C20H17Cl2F3N6O2/c1-8-6-9(21)7-10(19(33)30(2)26)14(8)28-18(32)13-12-15(13)31(29-16(12)20(23,24)25)17-11(22)4-3-5-27-17/h3-7,12-13,15H,26H2,1-2H3,(H,28,32). The molecule has 1 aromatic heterocycles. The average Bonchev–Trinajstić information content (AvgIpc) is 3.32. The molecule has 1 aliphatic heterocycles. The van der Waals surface area contributed by atoms with Gasteiger partial charge in [-0.05, 0) is 36.8 Å². The van der Waals surface area contributed by atoms with E-state index in [-0.39, 0.29) is 27.1 Å². The van der Waals surface area contributed by atoms with E-state index in [1.54, 1.807) is 6.92 Å². The van der Waals surface area contributed by atoms with E-state index in [1.165, 1.54) is 37.5 Å². The highest BCUT2D eigenvalue weighted by Gasteiger charge is 2.69. The number of benzene rings is 1. The Morgan fingerprint density at radius 1 is 1.27 bits per heavy atom. The van der Waals surface area contributed by atoms with Crippen molar-refractivity contribution in [1.29, 1.82) is 0 Å². The predicted molar refractivity (Wildman–Crippen MR) is 117 cm³/mol. The summed E-state index contributed by atoms with van der Waals surface area (Å²) in [6.45, 7) is 1.60. The molecule has 8 nitrogen and oxygen atoms in total. The third kappa shape index (κ3) is 4.11. The smallest absolute Gasteiger partial charge is 0.325 e. The van der Waals surface area contributed by atoms with Crippen molar-refractivity contribution in [2.75, 3.05) is 17.4 Å². The van der Waals surface area contributed by atoms with Gasteiger partial charge in [0, 0.05) is 24.2 Å². The SMILES string of the molecule is Cc1cc(Cl)cc(C(=O)N(C)N)c1NC(=O)C1C2C(C(F)(F)F)=NN(c3ncccc3Cl)C12. The van der Waals surface area contributed by atoms with E-state index in [1.807, 2.05) is 0 Å². The first-order valence-electron chi connectivity index (χ1n) is 9.61. The molecule has 1 fully saturated rings. The minimum atomic E-state index is -4.74. The molecule has 1 aliphatic carbocycles. The van der Waals surface area contributed by atoms with Crippen molar-refractivity contribution < 1.29 is 22.8 Å². The van der Waals surface area contributed by atoms with Crippen LogP contribution in [0.3, 0.4) is 0 Å². The van der Waals surface area contributed by atoms with Crippen LogP contribution in [0.2, 0.25) is 10.0 Å². The quantitative estimate of drug-likeness (QED) is 0.379. The van der Waals surface area contributed by atoms with Gasteiger partial charge in [-0.2, -0.15) is 18.3 Å². The summed E-state index contributed by atoms with van der Waals surface area (Å²) < 4.78 is 40.9. The molecule has 174 valence electrons. The van der Waals surface area contributed by atoms with Crippen LogP contribution in [0.15, 0.2) is 35.6 Å². The molecule has 0 bridgehead atoms. The van der Waals surface area contributed by atoms with Gasteiger partial charge in [-0.3, -0.25) is 14.6 Å². The number of nitrogens with one attached hydrogen (secondary N) is 1. The first-order chi connectivity index (χ1) is 15.4. The van der Waals surface area contributed by atoms with Crippen LogP contribution in [0, 0.1) is 18.8 Å². The normalized spacial score (nSPS) is 21.4. The molecule has 2 amide bonds. The minimum absolute atomic E-state index is 0.0125. The van der Waals surface area contributed by atoms with Gasteiger partial charge in [0.25, 0.3) is 5.91 Å². The molecule has 1 aromatic carbocycles. The summed E-state index contributed by atoms with van der Waals surface area (Å²) in [7, 11) is 1.32. The molecular formula is C20H17Cl2F3N6O2. The number of hydrogen-bond acceptors (Lipinski definition) is 6. The second-order valence-corrected chi connectivity index (χ2v) is 8.57. The number of aryl methyl sites for hydroxylation is 1. The first-order valence-corrected chi connectivity index (χ1v) is 10.4. The fraction of sp³-hybridized carbons (Fsp3) is 0.300. The van der Waals surface area contributed by atoms with E-state index in [9.17, 15) is 22.8 Å². The molecule has 33 heavy (non-hydrogen) atoms. The molecule has 4 rings (SSSR count). The maximum absolute atomic E-state index is 13.6. The Morgan fingerprint density at radius 3 is 2.58 bits per heavy atom. The Balaban J connectivity index is 1.67. The van der Waals surface area contributed by atoms with Crippen molar-refractivity contribution in [3.05, 3.63) is 51.6 Å². The van der Waals surface area contributed by atoms with E-state index in [2.05, 4.69) is 15.4 Å². The molecule has 0 radical (unpaired) electrons. The van der Waals surface area contributed by atoms with Crippen LogP contribution in [0.1, 0.15) is 15.9 Å². The van der Waals surface area contributed by atoms with Gasteiger partial charge in [0.2, 0.25) is 5.91 Å². The summed E-state index contributed by atoms with van der Waals surface area (Å²) in [5.74, 6) is 1.92. The zero-order chi connectivity index (χ0) is 24.2. The molecule has 13 heteroatoms. The Labute approximate surface area is 196 Å². The highest BCUT2D eigenvalue weighted by Crippen LogP contribution is 2.54. The van der Waals surface area contributed by atoms with E-state index in [4.69, 9.17) is 29.0 Å². The first kappa shape index (κ1) is 23.3. The van der Waals surface area contributed by atoms with Crippen LogP contribution in [-0.2, 0) is 4.79 Å². The van der Waals surface area contributed by atoms with Crippen molar-refractivity contribution in [1.82, 2.24) is 9.99 Å². The average molecular weight is 501 g/mol. The van der Waals surface area contributed by atoms with Gasteiger partial charge in [0.05, 0.1) is 28.2 Å². The lowest BCUT2D eigenvalue weighted by molar-refractivity contribution is -0.117. The van der Waals surface area contributed by atoms with Gasteiger partial charge in [-0.1, -0.05) is 23.2 Å². The van der Waals surface area contributed by atoms with Crippen LogP contribution >= 0.6 is 23.2 Å². The van der Waals surface area contributed by atoms with E-state index in [0.29, 0.717) is 5.56 Å². The highest BCUT2D eigenvalue weighted by molar-refractivity contribution is 6.33. The maximum Gasteiger partial charge on any atom is 0.431 e. The number of nitrogens with zero attached hydrogens (tertiary/aromatic N) is 4. The van der Waals surface area contributed by atoms with Crippen LogP contribution in [0.5, 0.6) is 0 Å². The summed E-state index contributed by atoms with van der Waals surface area (Å²) in [6, 6.07) is 4.92.